The fourth-order valence-corrected chi connectivity index (χ4v) is 7.39. The van der Waals surface area contributed by atoms with Crippen LogP contribution in [0.3, 0.4) is 0 Å². The molecule has 2 N–H and O–H groups in total. The number of aliphatic hydroxyl groups is 1. The number of unbranched alkanes of at least 4 members (excludes halogenated alkanes) is 4. The molecule has 0 aliphatic heterocycles. The Morgan fingerprint density at radius 1 is 0.372 bits per heavy atom. The first-order chi connectivity index (χ1) is 38.2. The van der Waals surface area contributed by atoms with Crippen LogP contribution in [0.1, 0.15) is 175 Å². The topological polar surface area (TPSA) is 155 Å². The lowest BCUT2D eigenvalue weighted by Gasteiger charge is -2.21. The van der Waals surface area contributed by atoms with Crippen LogP contribution in [0.5, 0.6) is 0 Å². The molecule has 0 saturated heterocycles. The first-order valence-electron chi connectivity index (χ1n) is 28.7. The number of carbonyl (C=O) groups excluding carboxylic acids is 3. The number of hydrogen-bond donors (Lipinski definition) is 2. The van der Waals surface area contributed by atoms with Gasteiger partial charge in [-0.05, 0) is 128 Å². The van der Waals surface area contributed by atoms with Crippen molar-refractivity contribution >= 4 is 25.7 Å². The van der Waals surface area contributed by atoms with E-state index < -0.39 is 64.4 Å². The maximum atomic E-state index is 12.9. The Bertz CT molecular complexity index is 2010. The normalized spacial score (nSPS) is 14.7. The highest BCUT2D eigenvalue weighted by molar-refractivity contribution is 7.47. The van der Waals surface area contributed by atoms with Gasteiger partial charge in [0.05, 0.1) is 26.2 Å². The predicted molar refractivity (Wildman–Crippen MR) is 324 cm³/mol. The summed E-state index contributed by atoms with van der Waals surface area (Å²) in [5, 5.41) is 9.80. The molecule has 0 rings (SSSR count). The van der Waals surface area contributed by atoms with Crippen LogP contribution >= 0.6 is 7.82 Å². The van der Waals surface area contributed by atoms with E-state index in [4.69, 9.17) is 23.3 Å². The summed E-state index contributed by atoms with van der Waals surface area (Å²) in [4.78, 5) is 48.5. The van der Waals surface area contributed by atoms with Crippen LogP contribution in [0.25, 0.3) is 0 Å². The van der Waals surface area contributed by atoms with Crippen molar-refractivity contribution in [2.24, 2.45) is 0 Å². The number of hydrogen-bond acceptors (Lipinski definition) is 10. The molecule has 78 heavy (non-hydrogen) atoms. The van der Waals surface area contributed by atoms with E-state index in [9.17, 15) is 28.9 Å². The van der Waals surface area contributed by atoms with Gasteiger partial charge in [0, 0.05) is 12.8 Å². The van der Waals surface area contributed by atoms with Crippen molar-refractivity contribution in [3.63, 3.8) is 0 Å². The summed E-state index contributed by atoms with van der Waals surface area (Å²) in [6, 6.07) is 0. The first kappa shape index (κ1) is 72.6. The third kappa shape index (κ3) is 55.3. The lowest BCUT2D eigenvalue weighted by Crippen LogP contribution is -2.30. The molecule has 11 nitrogen and oxygen atoms in total. The maximum Gasteiger partial charge on any atom is 0.472 e. The van der Waals surface area contributed by atoms with E-state index in [0.717, 1.165) is 109 Å². The van der Waals surface area contributed by atoms with E-state index in [1.165, 1.54) is 0 Å². The van der Waals surface area contributed by atoms with E-state index in [0.29, 0.717) is 25.7 Å². The van der Waals surface area contributed by atoms with Crippen molar-refractivity contribution in [2.75, 3.05) is 26.4 Å². The summed E-state index contributed by atoms with van der Waals surface area (Å²) >= 11 is 0. The molecule has 434 valence electrons. The molecule has 0 fully saturated rings. The SMILES string of the molecule is CC/C=C\C/C=C\C/C=C\C/C=C\C/C=C\CCCCCC(=O)OCC(COP(=O)(O)OCC(CO)OC(=O)C/C=C\C/C=C\C/C=C\C/C=C\C/C=C\CC)OC(=O)CCC/C=C\C/C=C\C/C=C\C/C=C\C/C=C\CC. The second-order valence-corrected chi connectivity index (χ2v) is 19.4. The summed E-state index contributed by atoms with van der Waals surface area (Å²) in [6.45, 7) is 4.05. The van der Waals surface area contributed by atoms with Crippen molar-refractivity contribution in [3.05, 3.63) is 182 Å². The smallest absolute Gasteiger partial charge is 0.462 e. The highest BCUT2D eigenvalue weighted by atomic mass is 31.2. The summed E-state index contributed by atoms with van der Waals surface area (Å²) in [5.74, 6) is -1.74. The number of carbonyl (C=O) groups is 3. The lowest BCUT2D eigenvalue weighted by molar-refractivity contribution is -0.161. The largest absolute Gasteiger partial charge is 0.472 e. The van der Waals surface area contributed by atoms with Gasteiger partial charge in [0.1, 0.15) is 12.7 Å². The molecular formula is C66H99O11P. The zero-order valence-electron chi connectivity index (χ0n) is 47.8. The van der Waals surface area contributed by atoms with E-state index in [1.807, 2.05) is 30.4 Å². The average molecular weight is 1100 g/mol. The third-order valence-corrected chi connectivity index (χ3v) is 11.8. The molecule has 0 saturated carbocycles. The summed E-state index contributed by atoms with van der Waals surface area (Å²) in [6.07, 6.45) is 78.9. The van der Waals surface area contributed by atoms with E-state index >= 15 is 0 Å². The van der Waals surface area contributed by atoms with Crippen LogP contribution in [-0.2, 0) is 42.2 Å². The van der Waals surface area contributed by atoms with Gasteiger partial charge in [0.25, 0.3) is 0 Å². The number of phosphoric acid groups is 1. The molecule has 0 radical (unpaired) electrons. The molecule has 0 aromatic rings. The van der Waals surface area contributed by atoms with Gasteiger partial charge >= 0.3 is 25.7 Å². The highest BCUT2D eigenvalue weighted by Crippen LogP contribution is 2.43. The molecule has 0 aliphatic rings. The van der Waals surface area contributed by atoms with Gasteiger partial charge in [-0.15, -0.1) is 0 Å². The summed E-state index contributed by atoms with van der Waals surface area (Å²) in [7, 11) is -4.81. The molecular weight excluding hydrogens is 1000 g/mol. The minimum Gasteiger partial charge on any atom is -0.462 e. The monoisotopic (exact) mass is 1100 g/mol. The number of allylic oxidation sites excluding steroid dienone is 29. The fraction of sp³-hybridized carbons (Fsp3) is 0.500. The quantitative estimate of drug-likeness (QED) is 0.0197. The Hall–Kier alpha value is -5.42. The van der Waals surface area contributed by atoms with Crippen molar-refractivity contribution in [1.82, 2.24) is 0 Å². The number of ether oxygens (including phenoxy) is 3. The molecule has 0 heterocycles. The molecule has 0 aliphatic carbocycles. The van der Waals surface area contributed by atoms with Gasteiger partial charge in [0.15, 0.2) is 6.10 Å². The second kappa shape index (κ2) is 57.7. The number of rotatable bonds is 50. The number of aliphatic hydroxyl groups excluding tert-OH is 1. The van der Waals surface area contributed by atoms with Crippen LogP contribution in [0.4, 0.5) is 0 Å². The van der Waals surface area contributed by atoms with Crippen molar-refractivity contribution in [1.29, 1.82) is 0 Å². The fourth-order valence-electron chi connectivity index (χ4n) is 6.61. The second-order valence-electron chi connectivity index (χ2n) is 18.0. The van der Waals surface area contributed by atoms with Crippen molar-refractivity contribution in [3.8, 4) is 0 Å². The van der Waals surface area contributed by atoms with Crippen LogP contribution in [-0.4, -0.2) is 66.5 Å². The van der Waals surface area contributed by atoms with Gasteiger partial charge in [-0.25, -0.2) is 4.57 Å². The van der Waals surface area contributed by atoms with Gasteiger partial charge < -0.3 is 24.2 Å². The molecule has 0 aromatic heterocycles. The van der Waals surface area contributed by atoms with Crippen LogP contribution in [0.2, 0.25) is 0 Å². The van der Waals surface area contributed by atoms with E-state index in [2.05, 4.69) is 167 Å². The molecule has 0 bridgehead atoms. The molecule has 12 heteroatoms. The van der Waals surface area contributed by atoms with Gasteiger partial charge in [-0.3, -0.25) is 23.4 Å². The highest BCUT2D eigenvalue weighted by Gasteiger charge is 2.28. The zero-order valence-corrected chi connectivity index (χ0v) is 48.7. The van der Waals surface area contributed by atoms with Crippen molar-refractivity contribution < 1.29 is 52.2 Å². The van der Waals surface area contributed by atoms with Crippen molar-refractivity contribution in [2.45, 2.75) is 187 Å². The van der Waals surface area contributed by atoms with E-state index in [1.54, 1.807) is 6.08 Å². The Kier molecular flexibility index (Phi) is 53.7. The van der Waals surface area contributed by atoms with Crippen LogP contribution in [0, 0.1) is 0 Å². The standard InChI is InChI=1S/C66H99O11P/c1-4-7-10-13-16-19-22-25-28-30-31-33-35-37-40-43-46-49-52-55-64(68)73-59-63(77-66(70)57-54-51-48-45-42-39-36-32-29-26-23-20-17-14-11-8-5-2)61-75-78(71,72)74-60-62(58-67)76-65(69)56-53-50-47-44-41-38-34-27-24-21-18-15-12-9-6-3/h7-12,16-21,25-29,31,33-34,36-37,39-41,44-45,48,50,53,62-63,67H,4-6,13-15,22-24,30,32,35,38,42-43,46-47,49,51-52,54-61H2,1-3H3,(H,71,72)/b10-7-,11-8-,12-9-,19-16-,20-17-,21-18-,28-25-,29-26-,33-31-,34-27-,39-36-,40-37-,44-41-,48-45-,53-50-. The summed E-state index contributed by atoms with van der Waals surface area (Å²) in [5.41, 5.74) is 0. The van der Waals surface area contributed by atoms with Crippen LogP contribution < -0.4 is 0 Å². The number of phosphoric ester groups is 1. The molecule has 0 aromatic carbocycles. The van der Waals surface area contributed by atoms with Gasteiger partial charge in [-0.2, -0.15) is 0 Å². The minimum atomic E-state index is -4.81. The molecule has 3 atom stereocenters. The average Bonchev–Trinajstić information content (AvgIpc) is 3.43. The van der Waals surface area contributed by atoms with Gasteiger partial charge in [-0.1, -0.05) is 209 Å². The Morgan fingerprint density at radius 2 is 0.692 bits per heavy atom. The molecule has 3 unspecified atom stereocenters. The summed E-state index contributed by atoms with van der Waals surface area (Å²) < 4.78 is 39.3. The Balaban J connectivity index is 4.99. The minimum absolute atomic E-state index is 0.0626. The van der Waals surface area contributed by atoms with Gasteiger partial charge in [0.2, 0.25) is 0 Å². The molecule has 0 amide bonds. The zero-order chi connectivity index (χ0) is 56.9. The third-order valence-electron chi connectivity index (χ3n) is 10.8. The first-order valence-corrected chi connectivity index (χ1v) is 30.2. The molecule has 0 spiro atoms. The maximum absolute atomic E-state index is 12.9. The van der Waals surface area contributed by atoms with Crippen LogP contribution in [0.15, 0.2) is 182 Å². The lowest BCUT2D eigenvalue weighted by atomic mass is 10.1. The van der Waals surface area contributed by atoms with E-state index in [-0.39, 0.29) is 19.3 Å². The number of esters is 3. The Morgan fingerprint density at radius 3 is 1.08 bits per heavy atom. The predicted octanol–water partition coefficient (Wildman–Crippen LogP) is 17.2. The Labute approximate surface area is 471 Å².